The Morgan fingerprint density at radius 3 is 1.93 bits per heavy atom. The molecular weight excluding hydrogens is 196 g/mol. The molecule has 1 saturated heterocycles. The van der Waals surface area contributed by atoms with Crippen molar-refractivity contribution in [1.82, 2.24) is 9.21 Å². The number of hydrogen-bond donors (Lipinski definition) is 0. The van der Waals surface area contributed by atoms with Gasteiger partial charge in [-0.15, -0.1) is 0 Å². The Labute approximate surface area is 90.0 Å². The van der Waals surface area contributed by atoms with E-state index in [0.29, 0.717) is 18.1 Å². The van der Waals surface area contributed by atoms with E-state index < -0.39 is 11.0 Å². The van der Waals surface area contributed by atoms with Crippen LogP contribution in [0.15, 0.2) is 0 Å². The monoisotopic (exact) mass is 218 g/mol. The molecule has 4 heteroatoms. The van der Waals surface area contributed by atoms with Crippen LogP contribution in [0.4, 0.5) is 0 Å². The highest BCUT2D eigenvalue weighted by Gasteiger charge is 2.32. The van der Waals surface area contributed by atoms with Crippen molar-refractivity contribution < 1.29 is 4.21 Å². The fraction of sp³-hybridized carbons (Fsp3) is 1.00. The zero-order valence-corrected chi connectivity index (χ0v) is 10.7. The molecule has 1 fully saturated rings. The fourth-order valence-corrected chi connectivity index (χ4v) is 3.42. The lowest BCUT2D eigenvalue weighted by Gasteiger charge is -2.44. The first-order valence-corrected chi connectivity index (χ1v) is 6.81. The van der Waals surface area contributed by atoms with Gasteiger partial charge in [0.05, 0.1) is 11.0 Å². The van der Waals surface area contributed by atoms with Crippen molar-refractivity contribution in [3.63, 3.8) is 0 Å². The second kappa shape index (κ2) is 4.73. The van der Waals surface area contributed by atoms with Gasteiger partial charge in [-0.3, -0.25) is 4.90 Å². The van der Waals surface area contributed by atoms with Crippen LogP contribution in [0.1, 0.15) is 27.7 Å². The third-order valence-corrected chi connectivity index (χ3v) is 4.21. The molecule has 0 aromatic rings. The summed E-state index contributed by atoms with van der Waals surface area (Å²) in [7, 11) is -0.834. The van der Waals surface area contributed by atoms with Gasteiger partial charge in [0.15, 0.2) is 0 Å². The van der Waals surface area contributed by atoms with Crippen molar-refractivity contribution in [3.8, 4) is 0 Å². The Balaban J connectivity index is 2.68. The van der Waals surface area contributed by atoms with E-state index in [1.807, 2.05) is 0 Å². The van der Waals surface area contributed by atoms with Crippen LogP contribution in [-0.2, 0) is 11.0 Å². The molecule has 14 heavy (non-hydrogen) atoms. The SMILES string of the molecule is CC(C)N1C[C@H](C)N(S(C)=O)[C@@H](C)C1. The number of piperazine rings is 1. The summed E-state index contributed by atoms with van der Waals surface area (Å²) < 4.78 is 13.6. The quantitative estimate of drug-likeness (QED) is 0.692. The number of rotatable bonds is 2. The highest BCUT2D eigenvalue weighted by molar-refractivity contribution is 7.81. The third kappa shape index (κ3) is 2.55. The van der Waals surface area contributed by atoms with Crippen LogP contribution in [0.5, 0.6) is 0 Å². The molecule has 0 bridgehead atoms. The van der Waals surface area contributed by atoms with Crippen LogP contribution in [0.25, 0.3) is 0 Å². The van der Waals surface area contributed by atoms with E-state index in [1.54, 1.807) is 6.26 Å². The van der Waals surface area contributed by atoms with Crippen molar-refractivity contribution in [1.29, 1.82) is 0 Å². The summed E-state index contributed by atoms with van der Waals surface area (Å²) in [5.41, 5.74) is 0. The number of hydrogen-bond acceptors (Lipinski definition) is 2. The predicted molar refractivity (Wildman–Crippen MR) is 61.5 cm³/mol. The van der Waals surface area contributed by atoms with Gasteiger partial charge in [-0.1, -0.05) is 0 Å². The Morgan fingerprint density at radius 2 is 1.64 bits per heavy atom. The van der Waals surface area contributed by atoms with Crippen LogP contribution >= 0.6 is 0 Å². The van der Waals surface area contributed by atoms with Gasteiger partial charge in [0, 0.05) is 37.5 Å². The van der Waals surface area contributed by atoms with Crippen LogP contribution in [0.2, 0.25) is 0 Å². The minimum Gasteiger partial charge on any atom is -0.298 e. The Kier molecular flexibility index (Phi) is 4.10. The summed E-state index contributed by atoms with van der Waals surface area (Å²) >= 11 is 0. The lowest BCUT2D eigenvalue weighted by molar-refractivity contribution is 0.0829. The third-order valence-electron chi connectivity index (χ3n) is 2.89. The lowest BCUT2D eigenvalue weighted by Crippen LogP contribution is -2.58. The van der Waals surface area contributed by atoms with Crippen molar-refractivity contribution >= 4 is 11.0 Å². The molecule has 1 heterocycles. The van der Waals surface area contributed by atoms with Crippen molar-refractivity contribution in [2.24, 2.45) is 0 Å². The van der Waals surface area contributed by atoms with E-state index in [-0.39, 0.29) is 0 Å². The summed E-state index contributed by atoms with van der Waals surface area (Å²) in [6.45, 7) is 10.8. The summed E-state index contributed by atoms with van der Waals surface area (Å²) in [4.78, 5) is 2.46. The van der Waals surface area contributed by atoms with Gasteiger partial charge in [-0.2, -0.15) is 0 Å². The summed E-state index contributed by atoms with van der Waals surface area (Å²) in [6.07, 6.45) is 1.78. The van der Waals surface area contributed by atoms with Crippen LogP contribution in [0, 0.1) is 0 Å². The van der Waals surface area contributed by atoms with Crippen molar-refractivity contribution in [2.75, 3.05) is 19.3 Å². The normalized spacial score (nSPS) is 33.6. The van der Waals surface area contributed by atoms with E-state index in [0.717, 1.165) is 13.1 Å². The highest BCUT2D eigenvalue weighted by Crippen LogP contribution is 2.18. The minimum absolute atomic E-state index is 0.395. The van der Waals surface area contributed by atoms with Gasteiger partial charge in [-0.05, 0) is 27.7 Å². The second-order valence-electron chi connectivity index (χ2n) is 4.53. The molecule has 0 spiro atoms. The molecule has 3 nitrogen and oxygen atoms in total. The Morgan fingerprint density at radius 1 is 1.21 bits per heavy atom. The molecule has 0 aliphatic carbocycles. The molecule has 1 aliphatic heterocycles. The molecule has 0 amide bonds. The van der Waals surface area contributed by atoms with Gasteiger partial charge in [-0.25, -0.2) is 8.51 Å². The van der Waals surface area contributed by atoms with Gasteiger partial charge in [0.25, 0.3) is 0 Å². The lowest BCUT2D eigenvalue weighted by atomic mass is 10.1. The first-order chi connectivity index (χ1) is 6.43. The maximum Gasteiger partial charge on any atom is 0.0916 e. The van der Waals surface area contributed by atoms with Crippen LogP contribution in [-0.4, -0.2) is 50.9 Å². The molecule has 0 saturated carbocycles. The Hall–Kier alpha value is 0.0700. The van der Waals surface area contributed by atoms with E-state index in [2.05, 4.69) is 36.9 Å². The van der Waals surface area contributed by atoms with Gasteiger partial charge in [0.1, 0.15) is 0 Å². The van der Waals surface area contributed by atoms with Gasteiger partial charge >= 0.3 is 0 Å². The largest absolute Gasteiger partial charge is 0.298 e. The molecule has 1 unspecified atom stereocenters. The van der Waals surface area contributed by atoms with Crippen LogP contribution in [0.3, 0.4) is 0 Å². The maximum atomic E-state index is 11.5. The molecule has 1 aliphatic rings. The zero-order valence-electron chi connectivity index (χ0n) is 9.86. The molecule has 0 radical (unpaired) electrons. The predicted octanol–water partition coefficient (Wildman–Crippen LogP) is 1.08. The molecular formula is C10H22N2OS. The summed E-state index contributed by atoms with van der Waals surface area (Å²) in [5.74, 6) is 0. The smallest absolute Gasteiger partial charge is 0.0916 e. The number of nitrogens with zero attached hydrogens (tertiary/aromatic N) is 2. The minimum atomic E-state index is -0.834. The zero-order chi connectivity index (χ0) is 10.9. The average molecular weight is 218 g/mol. The molecule has 0 aromatic carbocycles. The van der Waals surface area contributed by atoms with E-state index in [9.17, 15) is 4.21 Å². The molecule has 1 rings (SSSR count). The van der Waals surface area contributed by atoms with Gasteiger partial charge < -0.3 is 0 Å². The first-order valence-electron chi connectivity index (χ1n) is 5.29. The molecule has 3 atom stereocenters. The topological polar surface area (TPSA) is 23.6 Å². The fourth-order valence-electron chi connectivity index (χ4n) is 2.28. The first kappa shape index (κ1) is 12.1. The van der Waals surface area contributed by atoms with E-state index >= 15 is 0 Å². The Bertz CT molecular complexity index is 208. The molecule has 0 N–H and O–H groups in total. The molecule has 84 valence electrons. The highest BCUT2D eigenvalue weighted by atomic mass is 32.2. The van der Waals surface area contributed by atoms with E-state index in [4.69, 9.17) is 0 Å². The van der Waals surface area contributed by atoms with E-state index in [1.165, 1.54) is 0 Å². The summed E-state index contributed by atoms with van der Waals surface area (Å²) in [6, 6.07) is 1.38. The average Bonchev–Trinajstić information content (AvgIpc) is 2.01. The van der Waals surface area contributed by atoms with Crippen molar-refractivity contribution in [2.45, 2.75) is 45.8 Å². The van der Waals surface area contributed by atoms with Crippen LogP contribution < -0.4 is 0 Å². The van der Waals surface area contributed by atoms with Gasteiger partial charge in [0.2, 0.25) is 0 Å². The molecule has 0 aromatic heterocycles. The summed E-state index contributed by atoms with van der Waals surface area (Å²) in [5, 5.41) is 0. The standard InChI is InChI=1S/C10H22N2OS/c1-8(2)11-6-9(3)12(14(5)13)10(4)7-11/h8-10H,6-7H2,1-5H3/t9-,10-,14?/m0/s1. The van der Waals surface area contributed by atoms with Crippen molar-refractivity contribution in [3.05, 3.63) is 0 Å². The second-order valence-corrected chi connectivity index (χ2v) is 5.80. The maximum absolute atomic E-state index is 11.5.